The van der Waals surface area contributed by atoms with Crippen molar-refractivity contribution in [2.75, 3.05) is 5.32 Å². The van der Waals surface area contributed by atoms with Gasteiger partial charge in [-0.1, -0.05) is 12.5 Å². The van der Waals surface area contributed by atoms with E-state index in [1.807, 2.05) is 6.07 Å². The number of halogens is 3. The third kappa shape index (κ3) is 5.50. The van der Waals surface area contributed by atoms with Crippen LogP contribution in [0.4, 0.5) is 23.7 Å². The molecule has 1 aliphatic rings. The van der Waals surface area contributed by atoms with Crippen LogP contribution in [-0.2, 0) is 16.4 Å². The lowest BCUT2D eigenvalue weighted by Gasteiger charge is -2.30. The Morgan fingerprint density at radius 2 is 1.87 bits per heavy atom. The molecule has 0 aliphatic heterocycles. The molecule has 2 N–H and O–H groups in total. The molecule has 2 aromatic rings. The number of urea groups is 1. The fraction of sp³-hybridized carbons (Fsp3) is 0.400. The second kappa shape index (κ2) is 9.03. The molecule has 2 atom stereocenters. The number of nitrogens with one attached hydrogen (secondary N) is 2. The standard InChI is InChI=1S/C20H22F3N3O3S/c21-20(22,23)15-4-1-5-18(11-15)30(28,29)17-8-6-16(7-9-17)26-19(27)25-13-14-3-2-10-24-12-14/h2-3,6-10,12,15,18H,1,4-5,11,13H2,(H2,25,26,27). The predicted molar refractivity (Wildman–Crippen MR) is 106 cm³/mol. The van der Waals surface area contributed by atoms with Crippen molar-refractivity contribution >= 4 is 21.6 Å². The van der Waals surface area contributed by atoms with Crippen molar-refractivity contribution in [2.45, 2.75) is 48.5 Å². The van der Waals surface area contributed by atoms with E-state index >= 15 is 0 Å². The highest BCUT2D eigenvalue weighted by atomic mass is 32.2. The Kier molecular flexibility index (Phi) is 6.64. The van der Waals surface area contributed by atoms with Crippen molar-refractivity contribution < 1.29 is 26.4 Å². The zero-order valence-corrected chi connectivity index (χ0v) is 16.8. The molecule has 6 nitrogen and oxygen atoms in total. The lowest BCUT2D eigenvalue weighted by atomic mass is 9.88. The van der Waals surface area contributed by atoms with E-state index in [0.29, 0.717) is 5.69 Å². The molecule has 162 valence electrons. The van der Waals surface area contributed by atoms with Gasteiger partial charge in [0.1, 0.15) is 0 Å². The summed E-state index contributed by atoms with van der Waals surface area (Å²) in [5.74, 6) is -1.59. The Bertz CT molecular complexity index is 964. The van der Waals surface area contributed by atoms with E-state index in [2.05, 4.69) is 15.6 Å². The molecule has 0 radical (unpaired) electrons. The average Bonchev–Trinajstić information content (AvgIpc) is 2.73. The molecule has 3 rings (SSSR count). The van der Waals surface area contributed by atoms with Crippen molar-refractivity contribution in [3.8, 4) is 0 Å². The summed E-state index contributed by atoms with van der Waals surface area (Å²) in [5, 5.41) is 4.18. The molecule has 1 fully saturated rings. The molecule has 2 unspecified atom stereocenters. The third-order valence-electron chi connectivity index (χ3n) is 5.14. The molecule has 0 spiro atoms. The highest BCUT2D eigenvalue weighted by Gasteiger charge is 2.45. The highest BCUT2D eigenvalue weighted by molar-refractivity contribution is 7.92. The smallest absolute Gasteiger partial charge is 0.334 e. The number of benzene rings is 1. The SMILES string of the molecule is O=C(NCc1cccnc1)Nc1ccc(S(=O)(=O)C2CCCC(C(F)(F)F)C2)cc1. The first-order valence-corrected chi connectivity index (χ1v) is 11.1. The second-order valence-corrected chi connectivity index (χ2v) is 9.49. The summed E-state index contributed by atoms with van der Waals surface area (Å²) in [6, 6.07) is 8.53. The Labute approximate surface area is 172 Å². The number of carbonyl (C=O) groups is 1. The Hall–Kier alpha value is -2.62. The first kappa shape index (κ1) is 22.1. The lowest BCUT2D eigenvalue weighted by Crippen LogP contribution is -2.35. The first-order chi connectivity index (χ1) is 14.2. The molecule has 1 aliphatic carbocycles. The number of sulfone groups is 1. The van der Waals surface area contributed by atoms with E-state index in [1.165, 1.54) is 24.3 Å². The molecule has 30 heavy (non-hydrogen) atoms. The molecule has 1 aromatic carbocycles. The fourth-order valence-electron chi connectivity index (χ4n) is 3.50. The highest BCUT2D eigenvalue weighted by Crippen LogP contribution is 2.40. The number of anilines is 1. The van der Waals surface area contributed by atoms with Gasteiger partial charge in [-0.15, -0.1) is 0 Å². The maximum atomic E-state index is 13.0. The minimum Gasteiger partial charge on any atom is -0.334 e. The van der Waals surface area contributed by atoms with Gasteiger partial charge in [-0.25, -0.2) is 13.2 Å². The topological polar surface area (TPSA) is 88.2 Å². The predicted octanol–water partition coefficient (Wildman–Crippen LogP) is 4.30. The minimum atomic E-state index is -4.38. The van der Waals surface area contributed by atoms with E-state index in [9.17, 15) is 26.4 Å². The largest absolute Gasteiger partial charge is 0.391 e. The van der Waals surface area contributed by atoms with Crippen molar-refractivity contribution in [3.63, 3.8) is 0 Å². The van der Waals surface area contributed by atoms with Crippen LogP contribution in [0.3, 0.4) is 0 Å². The monoisotopic (exact) mass is 441 g/mol. The van der Waals surface area contributed by atoms with Crippen LogP contribution in [0, 0.1) is 5.92 Å². The van der Waals surface area contributed by atoms with Gasteiger partial charge in [-0.3, -0.25) is 4.98 Å². The fourth-order valence-corrected chi connectivity index (χ4v) is 5.37. The van der Waals surface area contributed by atoms with Crippen LogP contribution in [0.2, 0.25) is 0 Å². The van der Waals surface area contributed by atoms with Crippen molar-refractivity contribution in [3.05, 3.63) is 54.4 Å². The van der Waals surface area contributed by atoms with Crippen molar-refractivity contribution in [1.29, 1.82) is 0 Å². The Balaban J connectivity index is 1.61. The van der Waals surface area contributed by atoms with E-state index in [1.54, 1.807) is 18.5 Å². The Morgan fingerprint density at radius 1 is 1.13 bits per heavy atom. The van der Waals surface area contributed by atoms with Crippen LogP contribution >= 0.6 is 0 Å². The number of hydrogen-bond donors (Lipinski definition) is 2. The molecular weight excluding hydrogens is 419 g/mol. The maximum Gasteiger partial charge on any atom is 0.391 e. The molecule has 0 bridgehead atoms. The van der Waals surface area contributed by atoms with Crippen molar-refractivity contribution in [2.24, 2.45) is 5.92 Å². The maximum absolute atomic E-state index is 13.0. The summed E-state index contributed by atoms with van der Waals surface area (Å²) in [6.45, 7) is 0.272. The number of carbonyl (C=O) groups excluding carboxylic acids is 1. The van der Waals surface area contributed by atoms with Gasteiger partial charge < -0.3 is 10.6 Å². The van der Waals surface area contributed by atoms with Gasteiger partial charge in [0.05, 0.1) is 16.1 Å². The summed E-state index contributed by atoms with van der Waals surface area (Å²) in [6.07, 6.45) is -1.15. The van der Waals surface area contributed by atoms with Crippen LogP contribution in [-0.4, -0.2) is 30.9 Å². The number of hydrogen-bond acceptors (Lipinski definition) is 4. The molecule has 1 heterocycles. The van der Waals surface area contributed by atoms with Gasteiger partial charge in [0, 0.05) is 24.6 Å². The van der Waals surface area contributed by atoms with E-state index < -0.39 is 39.6 Å². The molecule has 0 saturated heterocycles. The zero-order chi connectivity index (χ0) is 21.8. The number of rotatable bonds is 5. The van der Waals surface area contributed by atoms with Gasteiger partial charge in [-0.2, -0.15) is 13.2 Å². The Morgan fingerprint density at radius 3 is 2.50 bits per heavy atom. The van der Waals surface area contributed by atoms with Crippen LogP contribution in [0.25, 0.3) is 0 Å². The van der Waals surface area contributed by atoms with Crippen LogP contribution in [0.5, 0.6) is 0 Å². The van der Waals surface area contributed by atoms with Gasteiger partial charge in [0.25, 0.3) is 0 Å². The van der Waals surface area contributed by atoms with E-state index in [-0.39, 0.29) is 30.7 Å². The van der Waals surface area contributed by atoms with Crippen LogP contribution in [0.15, 0.2) is 53.7 Å². The number of aromatic nitrogens is 1. The van der Waals surface area contributed by atoms with Gasteiger partial charge >= 0.3 is 12.2 Å². The molecule has 2 amide bonds. The van der Waals surface area contributed by atoms with Gasteiger partial charge in [-0.05, 0) is 55.2 Å². The normalized spacial score (nSPS) is 19.8. The summed E-state index contributed by atoms with van der Waals surface area (Å²) in [4.78, 5) is 15.9. The number of amides is 2. The first-order valence-electron chi connectivity index (χ1n) is 9.50. The van der Waals surface area contributed by atoms with Crippen LogP contribution < -0.4 is 10.6 Å². The third-order valence-corrected chi connectivity index (χ3v) is 7.38. The van der Waals surface area contributed by atoms with Crippen molar-refractivity contribution in [1.82, 2.24) is 10.3 Å². The molecule has 1 aromatic heterocycles. The van der Waals surface area contributed by atoms with E-state index in [0.717, 1.165) is 5.56 Å². The number of nitrogens with zero attached hydrogens (tertiary/aromatic N) is 1. The van der Waals surface area contributed by atoms with Gasteiger partial charge in [0.15, 0.2) is 9.84 Å². The van der Waals surface area contributed by atoms with Gasteiger partial charge in [0.2, 0.25) is 0 Å². The zero-order valence-electron chi connectivity index (χ0n) is 16.0. The number of pyridine rings is 1. The molecular formula is C20H22F3N3O3S. The summed E-state index contributed by atoms with van der Waals surface area (Å²) < 4.78 is 64.6. The quantitative estimate of drug-likeness (QED) is 0.724. The minimum absolute atomic E-state index is 0.0352. The molecule has 10 heteroatoms. The lowest BCUT2D eigenvalue weighted by molar-refractivity contribution is -0.181. The average molecular weight is 441 g/mol. The number of alkyl halides is 3. The summed E-state index contributed by atoms with van der Waals surface area (Å²) >= 11 is 0. The summed E-state index contributed by atoms with van der Waals surface area (Å²) in [7, 11) is -3.88. The van der Waals surface area contributed by atoms with Crippen LogP contribution in [0.1, 0.15) is 31.2 Å². The molecule has 1 saturated carbocycles. The summed E-state index contributed by atoms with van der Waals surface area (Å²) in [5.41, 5.74) is 1.19. The van der Waals surface area contributed by atoms with E-state index in [4.69, 9.17) is 0 Å². The second-order valence-electron chi connectivity index (χ2n) is 7.27.